The molecule has 0 saturated carbocycles. The van der Waals surface area contributed by atoms with E-state index in [1.54, 1.807) is 17.1 Å². The number of halogens is 2. The van der Waals surface area contributed by atoms with Gasteiger partial charge in [-0.25, -0.2) is 14.1 Å². The average molecular weight is 327 g/mol. The second kappa shape index (κ2) is 6.77. The van der Waals surface area contributed by atoms with Crippen LogP contribution in [0.3, 0.4) is 0 Å². The van der Waals surface area contributed by atoms with Crippen LogP contribution in [0.5, 0.6) is 0 Å². The predicted molar refractivity (Wildman–Crippen MR) is 75.2 cm³/mol. The first-order valence-electron chi connectivity index (χ1n) is 6.22. The third kappa shape index (κ3) is 4.11. The van der Waals surface area contributed by atoms with E-state index >= 15 is 0 Å². The van der Waals surface area contributed by atoms with Crippen molar-refractivity contribution in [1.29, 1.82) is 0 Å². The molecule has 102 valence electrons. The quantitative estimate of drug-likeness (QED) is 0.830. The zero-order valence-electron chi connectivity index (χ0n) is 10.7. The monoisotopic (exact) mass is 326 g/mol. The lowest BCUT2D eigenvalue weighted by Gasteiger charge is -2.04. The maximum Gasteiger partial charge on any atom is 0.164 e. The lowest BCUT2D eigenvalue weighted by molar-refractivity contribution is 0.610. The molecule has 19 heavy (non-hydrogen) atoms. The molecule has 0 spiro atoms. The number of benzene rings is 1. The standard InChI is InChI=1S/C13H16BrFN4/c1-2-5-16-7-13-17-9-19(18-13)8-10-6-11(15)3-4-12(10)14/h3-4,6,9,16H,2,5,7-8H2,1H3. The van der Waals surface area contributed by atoms with Crippen LogP contribution in [0.4, 0.5) is 4.39 Å². The van der Waals surface area contributed by atoms with Crippen molar-refractivity contribution in [3.63, 3.8) is 0 Å². The van der Waals surface area contributed by atoms with E-state index in [9.17, 15) is 4.39 Å². The van der Waals surface area contributed by atoms with Gasteiger partial charge in [0.05, 0.1) is 13.1 Å². The zero-order chi connectivity index (χ0) is 13.7. The highest BCUT2D eigenvalue weighted by molar-refractivity contribution is 9.10. The van der Waals surface area contributed by atoms with E-state index in [1.165, 1.54) is 12.1 Å². The van der Waals surface area contributed by atoms with Crippen LogP contribution in [0.1, 0.15) is 24.7 Å². The van der Waals surface area contributed by atoms with Crippen molar-refractivity contribution >= 4 is 15.9 Å². The van der Waals surface area contributed by atoms with E-state index in [0.29, 0.717) is 13.1 Å². The number of nitrogens with one attached hydrogen (secondary N) is 1. The van der Waals surface area contributed by atoms with Gasteiger partial charge >= 0.3 is 0 Å². The van der Waals surface area contributed by atoms with E-state index in [1.807, 2.05) is 0 Å². The number of hydrogen-bond donors (Lipinski definition) is 1. The molecular weight excluding hydrogens is 311 g/mol. The summed E-state index contributed by atoms with van der Waals surface area (Å²) in [6.07, 6.45) is 2.75. The maximum absolute atomic E-state index is 13.2. The van der Waals surface area contributed by atoms with Crippen LogP contribution in [0.25, 0.3) is 0 Å². The third-order valence-electron chi connectivity index (χ3n) is 2.63. The van der Waals surface area contributed by atoms with Crippen LogP contribution in [-0.4, -0.2) is 21.3 Å². The van der Waals surface area contributed by atoms with Crippen LogP contribution in [-0.2, 0) is 13.1 Å². The van der Waals surface area contributed by atoms with Crippen molar-refractivity contribution in [2.45, 2.75) is 26.4 Å². The molecule has 4 nitrogen and oxygen atoms in total. The summed E-state index contributed by atoms with van der Waals surface area (Å²) in [6.45, 7) is 4.22. The smallest absolute Gasteiger partial charge is 0.164 e. The second-order valence-corrected chi connectivity index (χ2v) is 5.13. The van der Waals surface area contributed by atoms with Crippen molar-refractivity contribution in [2.24, 2.45) is 0 Å². The Balaban J connectivity index is 2.01. The molecule has 0 amide bonds. The first-order valence-corrected chi connectivity index (χ1v) is 7.01. The fourth-order valence-electron chi connectivity index (χ4n) is 1.71. The SMILES string of the molecule is CCCNCc1ncn(Cc2cc(F)ccc2Br)n1. The molecule has 2 rings (SSSR count). The van der Waals surface area contributed by atoms with Gasteiger partial charge in [-0.15, -0.1) is 0 Å². The van der Waals surface area contributed by atoms with E-state index in [2.05, 4.69) is 38.3 Å². The molecule has 6 heteroatoms. The first-order chi connectivity index (χ1) is 9.19. The van der Waals surface area contributed by atoms with E-state index < -0.39 is 0 Å². The Morgan fingerprint density at radius 3 is 3.05 bits per heavy atom. The molecule has 0 aliphatic heterocycles. The molecule has 1 aromatic heterocycles. The normalized spacial score (nSPS) is 10.9. The summed E-state index contributed by atoms with van der Waals surface area (Å²) in [6, 6.07) is 4.63. The molecule has 0 aliphatic carbocycles. The number of rotatable bonds is 6. The minimum atomic E-state index is -0.247. The fourth-order valence-corrected chi connectivity index (χ4v) is 2.08. The number of hydrogen-bond acceptors (Lipinski definition) is 3. The van der Waals surface area contributed by atoms with Gasteiger partial charge in [-0.1, -0.05) is 22.9 Å². The molecule has 0 aliphatic rings. The Kier molecular flexibility index (Phi) is 5.04. The van der Waals surface area contributed by atoms with Gasteiger partial charge in [-0.3, -0.25) is 0 Å². The van der Waals surface area contributed by atoms with Crippen LogP contribution in [0.2, 0.25) is 0 Å². The molecule has 1 heterocycles. The fraction of sp³-hybridized carbons (Fsp3) is 0.385. The average Bonchev–Trinajstić information content (AvgIpc) is 2.82. The summed E-state index contributed by atoms with van der Waals surface area (Å²) in [4.78, 5) is 4.22. The minimum Gasteiger partial charge on any atom is -0.310 e. The molecule has 0 saturated heterocycles. The predicted octanol–water partition coefficient (Wildman–Crippen LogP) is 2.73. The highest BCUT2D eigenvalue weighted by atomic mass is 79.9. The minimum absolute atomic E-state index is 0.247. The molecule has 1 N–H and O–H groups in total. The molecule has 0 fully saturated rings. The van der Waals surface area contributed by atoms with Crippen molar-refractivity contribution in [2.75, 3.05) is 6.54 Å². The lowest BCUT2D eigenvalue weighted by atomic mass is 10.2. The Bertz CT molecular complexity index is 541. The van der Waals surface area contributed by atoms with Crippen molar-refractivity contribution < 1.29 is 4.39 Å². The number of nitrogens with zero attached hydrogens (tertiary/aromatic N) is 3. The third-order valence-corrected chi connectivity index (χ3v) is 3.41. The van der Waals surface area contributed by atoms with Crippen LogP contribution < -0.4 is 5.32 Å². The van der Waals surface area contributed by atoms with E-state index in [-0.39, 0.29) is 5.82 Å². The molecule has 1 aromatic carbocycles. The summed E-state index contributed by atoms with van der Waals surface area (Å²) >= 11 is 3.41. The summed E-state index contributed by atoms with van der Waals surface area (Å²) in [5.74, 6) is 0.504. The van der Waals surface area contributed by atoms with Gasteiger partial charge in [0.25, 0.3) is 0 Å². The highest BCUT2D eigenvalue weighted by Crippen LogP contribution is 2.18. The van der Waals surface area contributed by atoms with E-state index in [4.69, 9.17) is 0 Å². The van der Waals surface area contributed by atoms with Gasteiger partial charge in [0, 0.05) is 4.47 Å². The van der Waals surface area contributed by atoms with Crippen LogP contribution in [0.15, 0.2) is 29.0 Å². The van der Waals surface area contributed by atoms with Crippen molar-refractivity contribution in [3.05, 3.63) is 46.2 Å². The first kappa shape index (κ1) is 14.1. The topological polar surface area (TPSA) is 42.7 Å². The molecule has 0 atom stereocenters. The summed E-state index contributed by atoms with van der Waals surface area (Å²) < 4.78 is 15.8. The molecule has 0 unspecified atom stereocenters. The summed E-state index contributed by atoms with van der Waals surface area (Å²) in [5, 5.41) is 7.59. The molecule has 0 radical (unpaired) electrons. The largest absolute Gasteiger partial charge is 0.310 e. The van der Waals surface area contributed by atoms with Gasteiger partial charge in [-0.05, 0) is 36.7 Å². The van der Waals surface area contributed by atoms with Crippen LogP contribution >= 0.6 is 15.9 Å². The van der Waals surface area contributed by atoms with Gasteiger partial charge in [0.2, 0.25) is 0 Å². The Labute approximate surface area is 120 Å². The van der Waals surface area contributed by atoms with Gasteiger partial charge in [0.15, 0.2) is 5.82 Å². The van der Waals surface area contributed by atoms with Gasteiger partial charge in [0.1, 0.15) is 12.1 Å². The van der Waals surface area contributed by atoms with Gasteiger partial charge in [-0.2, -0.15) is 5.10 Å². The highest BCUT2D eigenvalue weighted by Gasteiger charge is 2.05. The molecule has 2 aromatic rings. The second-order valence-electron chi connectivity index (χ2n) is 4.27. The Morgan fingerprint density at radius 2 is 2.26 bits per heavy atom. The van der Waals surface area contributed by atoms with E-state index in [0.717, 1.165) is 28.8 Å². The van der Waals surface area contributed by atoms with Crippen molar-refractivity contribution in [1.82, 2.24) is 20.1 Å². The van der Waals surface area contributed by atoms with Gasteiger partial charge < -0.3 is 5.32 Å². The van der Waals surface area contributed by atoms with Crippen molar-refractivity contribution in [3.8, 4) is 0 Å². The summed E-state index contributed by atoms with van der Waals surface area (Å²) in [5.41, 5.74) is 0.845. The molecule has 0 bridgehead atoms. The Hall–Kier alpha value is -1.27. The Morgan fingerprint density at radius 1 is 1.42 bits per heavy atom. The lowest BCUT2D eigenvalue weighted by Crippen LogP contribution is -2.15. The molecular formula is C13H16BrFN4. The number of aromatic nitrogens is 3. The summed E-state index contributed by atoms with van der Waals surface area (Å²) in [7, 11) is 0. The van der Waals surface area contributed by atoms with Crippen LogP contribution in [0, 0.1) is 5.82 Å². The maximum atomic E-state index is 13.2. The zero-order valence-corrected chi connectivity index (χ0v) is 12.3.